The number of halogens is 2. The highest BCUT2D eigenvalue weighted by atomic mass is 35.5. The smallest absolute Gasteiger partial charge is 0.449 e. The molecule has 0 aliphatic heterocycles. The molecule has 2 rings (SSSR count). The van der Waals surface area contributed by atoms with Gasteiger partial charge >= 0.3 is 6.16 Å². The first kappa shape index (κ1) is 12.2. The second-order valence-electron chi connectivity index (χ2n) is 2.96. The van der Waals surface area contributed by atoms with Gasteiger partial charge in [0.15, 0.2) is 0 Å². The van der Waals surface area contributed by atoms with Gasteiger partial charge in [-0.05, 0) is 6.07 Å². The minimum absolute atomic E-state index is 0.00617. The van der Waals surface area contributed by atoms with Gasteiger partial charge in [-0.25, -0.2) is 9.78 Å². The van der Waals surface area contributed by atoms with Gasteiger partial charge in [-0.3, -0.25) is 0 Å². The van der Waals surface area contributed by atoms with Crippen molar-refractivity contribution in [3.05, 3.63) is 33.8 Å². The lowest BCUT2D eigenvalue weighted by Gasteiger charge is -2.04. The predicted octanol–water partition coefficient (Wildman–Crippen LogP) is 4.17. The normalized spacial score (nSPS) is 10.2. The van der Waals surface area contributed by atoms with Crippen LogP contribution >= 0.6 is 34.5 Å². The van der Waals surface area contributed by atoms with E-state index in [4.69, 9.17) is 28.3 Å². The summed E-state index contributed by atoms with van der Waals surface area (Å²) in [5.41, 5.74) is 2.07. The van der Waals surface area contributed by atoms with Crippen LogP contribution in [0.1, 0.15) is 0 Å². The Morgan fingerprint density at radius 1 is 1.41 bits per heavy atom. The predicted molar refractivity (Wildman–Crippen MR) is 66.2 cm³/mol. The number of aromatic nitrogens is 1. The van der Waals surface area contributed by atoms with Crippen LogP contribution in [0.2, 0.25) is 10.0 Å². The average molecular weight is 290 g/mol. The van der Waals surface area contributed by atoms with Crippen LogP contribution in [-0.2, 0) is 0 Å². The average Bonchev–Trinajstić information content (AvgIpc) is 2.69. The quantitative estimate of drug-likeness (QED) is 0.843. The Morgan fingerprint density at radius 2 is 2.18 bits per heavy atom. The number of ether oxygens (including phenoxy) is 1. The minimum Gasteiger partial charge on any atom is -0.449 e. The molecule has 1 aromatic heterocycles. The largest absolute Gasteiger partial charge is 0.512 e. The molecule has 7 heteroatoms. The second kappa shape index (κ2) is 4.91. The van der Waals surface area contributed by atoms with Crippen LogP contribution in [-0.4, -0.2) is 16.2 Å². The van der Waals surface area contributed by atoms with Crippen molar-refractivity contribution in [3.63, 3.8) is 0 Å². The molecule has 0 saturated heterocycles. The highest BCUT2D eigenvalue weighted by Gasteiger charge is 2.16. The second-order valence-corrected chi connectivity index (χ2v) is 4.60. The molecule has 0 spiro atoms. The van der Waals surface area contributed by atoms with Crippen LogP contribution in [0, 0.1) is 0 Å². The summed E-state index contributed by atoms with van der Waals surface area (Å²) in [7, 11) is 0. The zero-order chi connectivity index (χ0) is 12.4. The molecule has 0 fully saturated rings. The first-order valence-corrected chi connectivity index (χ1v) is 6.02. The fraction of sp³-hybridized carbons (Fsp3) is 0. The molecule has 88 valence electrons. The van der Waals surface area contributed by atoms with Crippen LogP contribution in [0.15, 0.2) is 23.7 Å². The molecule has 0 radical (unpaired) electrons. The molecule has 0 amide bonds. The van der Waals surface area contributed by atoms with Gasteiger partial charge in [-0.15, -0.1) is 11.3 Å². The molecule has 4 nitrogen and oxygen atoms in total. The molecule has 0 unspecified atom stereocenters. The molecule has 1 aromatic carbocycles. The summed E-state index contributed by atoms with van der Waals surface area (Å²) in [6, 6.07) is 5.08. The number of rotatable bonds is 2. The fourth-order valence-corrected chi connectivity index (χ4v) is 2.45. The van der Waals surface area contributed by atoms with E-state index >= 15 is 0 Å². The zero-order valence-corrected chi connectivity index (χ0v) is 10.5. The fourth-order valence-electron chi connectivity index (χ4n) is 1.25. The first-order valence-electron chi connectivity index (χ1n) is 4.38. The number of hydrogen-bond donors (Lipinski definition) is 1. The van der Waals surface area contributed by atoms with Crippen molar-refractivity contribution in [3.8, 4) is 16.3 Å². The summed E-state index contributed by atoms with van der Waals surface area (Å²) in [6.07, 6.45) is -1.42. The summed E-state index contributed by atoms with van der Waals surface area (Å²) in [6.45, 7) is 0. The van der Waals surface area contributed by atoms with Gasteiger partial charge in [0.1, 0.15) is 4.88 Å². The Bertz CT molecular complexity index is 570. The van der Waals surface area contributed by atoms with E-state index in [1.54, 1.807) is 18.2 Å². The van der Waals surface area contributed by atoms with Gasteiger partial charge in [-0.2, -0.15) is 0 Å². The van der Waals surface area contributed by atoms with Crippen molar-refractivity contribution in [1.29, 1.82) is 0 Å². The number of carboxylic acid groups (broad SMARTS) is 1. The highest BCUT2D eigenvalue weighted by molar-refractivity contribution is 7.13. The van der Waals surface area contributed by atoms with Crippen LogP contribution in [0.3, 0.4) is 0 Å². The Morgan fingerprint density at radius 3 is 2.88 bits per heavy atom. The number of carbonyl (C=O) groups is 1. The van der Waals surface area contributed by atoms with Crippen LogP contribution in [0.5, 0.6) is 5.88 Å². The third-order valence-corrected chi connectivity index (χ3v) is 3.57. The van der Waals surface area contributed by atoms with Gasteiger partial charge in [0.2, 0.25) is 5.88 Å². The minimum atomic E-state index is -1.42. The van der Waals surface area contributed by atoms with E-state index in [0.29, 0.717) is 20.5 Å². The van der Waals surface area contributed by atoms with E-state index in [1.165, 1.54) is 16.8 Å². The van der Waals surface area contributed by atoms with Crippen molar-refractivity contribution in [2.75, 3.05) is 0 Å². The number of thiazole rings is 1. The zero-order valence-electron chi connectivity index (χ0n) is 8.18. The van der Waals surface area contributed by atoms with Crippen molar-refractivity contribution in [2.24, 2.45) is 0 Å². The van der Waals surface area contributed by atoms with E-state index < -0.39 is 6.16 Å². The Labute approximate surface area is 110 Å². The topological polar surface area (TPSA) is 59.4 Å². The molecule has 17 heavy (non-hydrogen) atoms. The van der Waals surface area contributed by atoms with Crippen LogP contribution in [0.25, 0.3) is 10.4 Å². The standard InChI is InChI=1S/C10H5Cl2NO3S/c11-6-3-1-2-5(7(6)12)8-9(13-4-17-8)16-10(14)15/h1-4H,(H,14,15). The Hall–Kier alpha value is -1.30. The molecule has 0 saturated carbocycles. The van der Waals surface area contributed by atoms with Crippen LogP contribution < -0.4 is 4.74 Å². The Balaban J connectivity index is 2.50. The maximum Gasteiger partial charge on any atom is 0.512 e. The van der Waals surface area contributed by atoms with Gasteiger partial charge in [0.05, 0.1) is 15.6 Å². The maximum atomic E-state index is 10.5. The number of nitrogens with zero attached hydrogens (tertiary/aromatic N) is 1. The summed E-state index contributed by atoms with van der Waals surface area (Å²) in [5.74, 6) is 0.00617. The maximum absolute atomic E-state index is 10.5. The molecule has 1 N–H and O–H groups in total. The molecule has 0 aliphatic carbocycles. The highest BCUT2D eigenvalue weighted by Crippen LogP contribution is 2.40. The van der Waals surface area contributed by atoms with E-state index in [9.17, 15) is 4.79 Å². The molecule has 1 heterocycles. The molecule has 0 bridgehead atoms. The van der Waals surface area contributed by atoms with Crippen molar-refractivity contribution < 1.29 is 14.6 Å². The lowest BCUT2D eigenvalue weighted by Crippen LogP contribution is -2.03. The number of hydrogen-bond acceptors (Lipinski definition) is 4. The molecule has 0 aliphatic rings. The van der Waals surface area contributed by atoms with Crippen molar-refractivity contribution in [2.45, 2.75) is 0 Å². The van der Waals surface area contributed by atoms with Crippen molar-refractivity contribution in [1.82, 2.24) is 4.98 Å². The lowest BCUT2D eigenvalue weighted by molar-refractivity contribution is 0.143. The van der Waals surface area contributed by atoms with Crippen LogP contribution in [0.4, 0.5) is 4.79 Å². The van der Waals surface area contributed by atoms with Gasteiger partial charge in [0.25, 0.3) is 0 Å². The van der Waals surface area contributed by atoms with E-state index in [2.05, 4.69) is 9.72 Å². The molecule has 2 aromatic rings. The van der Waals surface area contributed by atoms with E-state index in [1.807, 2.05) is 0 Å². The molecule has 0 atom stereocenters. The monoisotopic (exact) mass is 289 g/mol. The Kier molecular flexibility index (Phi) is 3.51. The first-order chi connectivity index (χ1) is 8.09. The molecular weight excluding hydrogens is 285 g/mol. The SMILES string of the molecule is O=C(O)Oc1ncsc1-c1cccc(Cl)c1Cl. The summed E-state index contributed by atoms with van der Waals surface area (Å²) in [4.78, 5) is 14.8. The van der Waals surface area contributed by atoms with Crippen molar-refractivity contribution >= 4 is 40.7 Å². The lowest BCUT2D eigenvalue weighted by atomic mass is 10.2. The summed E-state index contributed by atoms with van der Waals surface area (Å²) >= 11 is 13.1. The molecular formula is C10H5Cl2NO3S. The van der Waals surface area contributed by atoms with E-state index in [0.717, 1.165) is 0 Å². The van der Waals surface area contributed by atoms with E-state index in [-0.39, 0.29) is 5.88 Å². The van der Waals surface area contributed by atoms with Gasteiger partial charge in [-0.1, -0.05) is 35.3 Å². The summed E-state index contributed by atoms with van der Waals surface area (Å²) < 4.78 is 4.55. The summed E-state index contributed by atoms with van der Waals surface area (Å²) in [5, 5.41) is 9.29. The van der Waals surface area contributed by atoms with Gasteiger partial charge < -0.3 is 9.84 Å². The third kappa shape index (κ3) is 2.52. The third-order valence-electron chi connectivity index (χ3n) is 1.91. The number of benzene rings is 1. The van der Waals surface area contributed by atoms with Gasteiger partial charge in [0, 0.05) is 5.56 Å².